The van der Waals surface area contributed by atoms with E-state index in [0.717, 1.165) is 0 Å². The smallest absolute Gasteiger partial charge is 0.485 e. The van der Waals surface area contributed by atoms with Crippen LogP contribution in [0, 0.1) is 0 Å². The molecule has 0 spiro atoms. The summed E-state index contributed by atoms with van der Waals surface area (Å²) >= 11 is 0. The van der Waals surface area contributed by atoms with Crippen LogP contribution in [-0.2, 0) is 10.1 Å². The summed E-state index contributed by atoms with van der Waals surface area (Å²) in [6.45, 7) is 6.65. The maximum absolute atomic E-state index is 10.7. The Morgan fingerprint density at radius 3 is 1.77 bits per heavy atom. The summed E-state index contributed by atoms with van der Waals surface area (Å²) in [4.78, 5) is 1.87. The summed E-state index contributed by atoms with van der Waals surface area (Å²) in [5.41, 5.74) is -5.65. The second-order valence-corrected chi connectivity index (χ2v) is 7.10. The van der Waals surface area contributed by atoms with Gasteiger partial charge in [-0.3, -0.25) is 0 Å². The van der Waals surface area contributed by atoms with Crippen LogP contribution in [0.3, 0.4) is 0 Å². The van der Waals surface area contributed by atoms with E-state index in [2.05, 4.69) is 6.92 Å². The predicted octanol–water partition coefficient (Wildman–Crippen LogP) is 2.47. The minimum atomic E-state index is -6.09. The Bertz CT molecular complexity index is 366. The lowest BCUT2D eigenvalue weighted by atomic mass is 10.1. The summed E-state index contributed by atoms with van der Waals surface area (Å²) in [5.74, 6) is 0. The molecule has 1 N–H and O–H groups in total. The van der Waals surface area contributed by atoms with Gasteiger partial charge in [0.25, 0.3) is 0 Å². The van der Waals surface area contributed by atoms with Crippen LogP contribution in [0.25, 0.3) is 0 Å². The highest BCUT2D eigenvalue weighted by Gasteiger charge is 2.36. The second kappa shape index (κ2) is 11.2. The number of alkyl halides is 3. The average molecular weight is 347 g/mol. The van der Waals surface area contributed by atoms with Gasteiger partial charge in [0.1, 0.15) is 0 Å². The molecule has 8 heteroatoms. The van der Waals surface area contributed by atoms with Crippen LogP contribution in [0.2, 0.25) is 0 Å². The zero-order chi connectivity index (χ0) is 17.1. The molecule has 0 aromatic carbocycles. The van der Waals surface area contributed by atoms with Crippen molar-refractivity contribution in [1.82, 2.24) is 0 Å². The first-order valence-corrected chi connectivity index (χ1v) is 9.45. The summed E-state index contributed by atoms with van der Waals surface area (Å²) in [6.07, 6.45) is 13.1. The second-order valence-electron chi connectivity index (χ2n) is 5.73. The Balaban J connectivity index is 0.000000472. The van der Waals surface area contributed by atoms with E-state index in [0.29, 0.717) is 0 Å². The standard InChI is InChI=1S/C13H27N.CHF3O3S/c1-2-3-4-5-6-7-8-11-14-12-9-10-13-14;2-1(3,4)8(5,6)7/h2-13H2,1H3;(H,5,6,7). The first-order chi connectivity index (χ1) is 10.2. The van der Waals surface area contributed by atoms with Crippen molar-refractivity contribution in [2.75, 3.05) is 19.6 Å². The van der Waals surface area contributed by atoms with Crippen LogP contribution in [-0.4, -0.2) is 38.1 Å². The summed E-state index contributed by atoms with van der Waals surface area (Å²) < 4.78 is 58.9. The fourth-order valence-corrected chi connectivity index (χ4v) is 2.46. The van der Waals surface area contributed by atoms with Gasteiger partial charge in [0.15, 0.2) is 10.1 Å². The zero-order valence-corrected chi connectivity index (χ0v) is 14.1. The number of nitrogens with one attached hydrogen (secondary N) is 1. The molecule has 0 bridgehead atoms. The quantitative estimate of drug-likeness (QED) is 0.417. The maximum atomic E-state index is 10.7. The van der Waals surface area contributed by atoms with Gasteiger partial charge < -0.3 is 9.45 Å². The van der Waals surface area contributed by atoms with Gasteiger partial charge in [-0.1, -0.05) is 39.0 Å². The number of likely N-dealkylation sites (tertiary alicyclic amines) is 1. The van der Waals surface area contributed by atoms with Gasteiger partial charge in [-0.15, -0.1) is 0 Å². The summed E-state index contributed by atoms with van der Waals surface area (Å²) in [7, 11) is -6.09. The van der Waals surface area contributed by atoms with Gasteiger partial charge in [0.05, 0.1) is 19.6 Å². The molecule has 0 saturated carbocycles. The molecule has 0 atom stereocenters. The molecule has 1 fully saturated rings. The topological polar surface area (TPSA) is 61.6 Å². The number of unbranched alkanes of at least 4 members (excludes halogenated alkanes) is 6. The highest BCUT2D eigenvalue weighted by Crippen LogP contribution is 2.20. The van der Waals surface area contributed by atoms with E-state index in [-0.39, 0.29) is 0 Å². The molecule has 0 aromatic rings. The largest absolute Gasteiger partial charge is 0.741 e. The van der Waals surface area contributed by atoms with Crippen LogP contribution in [0.1, 0.15) is 64.7 Å². The van der Waals surface area contributed by atoms with Gasteiger partial charge in [0, 0.05) is 12.8 Å². The van der Waals surface area contributed by atoms with E-state index in [1.54, 1.807) is 0 Å². The third-order valence-electron chi connectivity index (χ3n) is 3.73. The third-order valence-corrected chi connectivity index (χ3v) is 4.29. The summed E-state index contributed by atoms with van der Waals surface area (Å²) in [5, 5.41) is 0. The van der Waals surface area contributed by atoms with E-state index in [4.69, 9.17) is 13.0 Å². The van der Waals surface area contributed by atoms with Crippen molar-refractivity contribution in [3.8, 4) is 0 Å². The Morgan fingerprint density at radius 2 is 1.36 bits per heavy atom. The van der Waals surface area contributed by atoms with E-state index in [9.17, 15) is 13.2 Å². The molecule has 134 valence electrons. The molecule has 22 heavy (non-hydrogen) atoms. The van der Waals surface area contributed by atoms with E-state index in [1.807, 2.05) is 4.90 Å². The van der Waals surface area contributed by atoms with E-state index in [1.165, 1.54) is 77.4 Å². The molecule has 1 aliphatic rings. The van der Waals surface area contributed by atoms with Crippen LogP contribution >= 0.6 is 0 Å². The van der Waals surface area contributed by atoms with Crippen LogP contribution in [0.4, 0.5) is 13.2 Å². The summed E-state index contributed by atoms with van der Waals surface area (Å²) in [6, 6.07) is 0. The van der Waals surface area contributed by atoms with Crippen molar-refractivity contribution in [3.63, 3.8) is 0 Å². The molecule has 0 amide bonds. The van der Waals surface area contributed by atoms with Crippen molar-refractivity contribution < 1.29 is 31.0 Å². The van der Waals surface area contributed by atoms with Crippen molar-refractivity contribution in [1.29, 1.82) is 0 Å². The van der Waals surface area contributed by atoms with Gasteiger partial charge in [0.2, 0.25) is 0 Å². The Hall–Kier alpha value is -0.340. The molecular formula is C14H28F3NO3S. The lowest BCUT2D eigenvalue weighted by Gasteiger charge is -2.11. The minimum Gasteiger partial charge on any atom is -0.741 e. The zero-order valence-electron chi connectivity index (χ0n) is 13.3. The van der Waals surface area contributed by atoms with Crippen molar-refractivity contribution in [2.45, 2.75) is 70.2 Å². The number of halogens is 3. The first kappa shape index (κ1) is 21.7. The van der Waals surface area contributed by atoms with Crippen molar-refractivity contribution >= 4 is 10.1 Å². The molecular weight excluding hydrogens is 319 g/mol. The van der Waals surface area contributed by atoms with Crippen LogP contribution in [0.15, 0.2) is 0 Å². The van der Waals surface area contributed by atoms with E-state index >= 15 is 0 Å². The van der Waals surface area contributed by atoms with Crippen molar-refractivity contribution in [3.05, 3.63) is 0 Å². The molecule has 4 nitrogen and oxygen atoms in total. The van der Waals surface area contributed by atoms with Gasteiger partial charge >= 0.3 is 5.51 Å². The normalized spacial score (nSPS) is 16.4. The monoisotopic (exact) mass is 347 g/mol. The Labute approximate surface area is 131 Å². The maximum Gasteiger partial charge on any atom is 0.485 e. The van der Waals surface area contributed by atoms with Gasteiger partial charge in [-0.05, 0) is 12.8 Å². The molecule has 0 unspecified atom stereocenters. The van der Waals surface area contributed by atoms with Crippen molar-refractivity contribution in [2.24, 2.45) is 0 Å². The van der Waals surface area contributed by atoms with Crippen LogP contribution < -0.4 is 4.90 Å². The molecule has 1 saturated heterocycles. The number of rotatable bonds is 8. The lowest BCUT2D eigenvalue weighted by molar-refractivity contribution is -0.887. The molecule has 0 radical (unpaired) electrons. The number of hydrogen-bond acceptors (Lipinski definition) is 3. The minimum absolute atomic E-state index is 1.37. The highest BCUT2D eigenvalue weighted by atomic mass is 32.2. The third kappa shape index (κ3) is 11.3. The fourth-order valence-electron chi connectivity index (χ4n) is 2.46. The Kier molecular flexibility index (Phi) is 11.1. The van der Waals surface area contributed by atoms with E-state index < -0.39 is 15.6 Å². The highest BCUT2D eigenvalue weighted by molar-refractivity contribution is 7.86. The average Bonchev–Trinajstić information content (AvgIpc) is 2.89. The van der Waals surface area contributed by atoms with Crippen LogP contribution in [0.5, 0.6) is 0 Å². The SMILES string of the molecule is CCCCCCCCC[NH+]1CCCC1.O=S(=O)([O-])C(F)(F)F. The number of quaternary nitrogens is 1. The molecule has 0 aromatic heterocycles. The molecule has 0 aliphatic carbocycles. The van der Waals surface area contributed by atoms with Gasteiger partial charge in [-0.25, -0.2) is 8.42 Å². The number of hydrogen-bond donors (Lipinski definition) is 1. The molecule has 1 heterocycles. The first-order valence-electron chi connectivity index (χ1n) is 8.04. The fraction of sp³-hybridized carbons (Fsp3) is 1.00. The lowest BCUT2D eigenvalue weighted by Crippen LogP contribution is -3.09. The Morgan fingerprint density at radius 1 is 0.955 bits per heavy atom. The molecule has 1 rings (SSSR count). The molecule has 1 aliphatic heterocycles. The van der Waals surface area contributed by atoms with Gasteiger partial charge in [-0.2, -0.15) is 13.2 Å². The predicted molar refractivity (Wildman–Crippen MR) is 78.5 cm³/mol.